The summed E-state index contributed by atoms with van der Waals surface area (Å²) in [5.41, 5.74) is 2.27. The zero-order valence-corrected chi connectivity index (χ0v) is 13.1. The molecule has 108 valence electrons. The van der Waals surface area contributed by atoms with Crippen LogP contribution in [-0.4, -0.2) is 22.4 Å². The predicted octanol–water partition coefficient (Wildman–Crippen LogP) is 3.44. The first-order valence-electron chi connectivity index (χ1n) is 7.66. The van der Waals surface area contributed by atoms with E-state index in [2.05, 4.69) is 35.9 Å². The summed E-state index contributed by atoms with van der Waals surface area (Å²) in [6.07, 6.45) is 5.84. The Balaban J connectivity index is 2.03. The minimum absolute atomic E-state index is 0.657. The van der Waals surface area contributed by atoms with Crippen LogP contribution < -0.4 is 5.32 Å². The molecule has 3 nitrogen and oxygen atoms in total. The molecule has 1 heterocycles. The number of rotatable bonds is 8. The third kappa shape index (κ3) is 3.73. The Kier molecular flexibility index (Phi) is 5.28. The van der Waals surface area contributed by atoms with Crippen molar-refractivity contribution in [3.8, 4) is 0 Å². The van der Waals surface area contributed by atoms with E-state index >= 15 is 0 Å². The second-order valence-electron chi connectivity index (χ2n) is 5.54. The molecule has 1 aliphatic rings. The second-order valence-corrected chi connectivity index (χ2v) is 5.92. The molecule has 1 aromatic heterocycles. The maximum absolute atomic E-state index is 6.48. The highest BCUT2D eigenvalue weighted by molar-refractivity contribution is 6.31. The van der Waals surface area contributed by atoms with Crippen molar-refractivity contribution < 1.29 is 0 Å². The zero-order chi connectivity index (χ0) is 13.8. The first kappa shape index (κ1) is 14.9. The monoisotopic (exact) mass is 283 g/mol. The summed E-state index contributed by atoms with van der Waals surface area (Å²) >= 11 is 6.48. The second kappa shape index (κ2) is 6.76. The molecule has 1 aliphatic carbocycles. The average Bonchev–Trinajstić information content (AvgIpc) is 3.20. The normalized spacial score (nSPS) is 16.8. The first-order chi connectivity index (χ1) is 9.19. The molecular formula is C15H26ClN3. The molecule has 0 saturated heterocycles. The van der Waals surface area contributed by atoms with E-state index in [1.165, 1.54) is 25.0 Å². The summed E-state index contributed by atoms with van der Waals surface area (Å²) in [5.74, 6) is 0.657. The van der Waals surface area contributed by atoms with Gasteiger partial charge in [-0.05, 0) is 45.1 Å². The summed E-state index contributed by atoms with van der Waals surface area (Å²) in [5, 5.41) is 9.14. The molecule has 0 radical (unpaired) electrons. The largest absolute Gasteiger partial charge is 0.314 e. The van der Waals surface area contributed by atoms with Crippen molar-refractivity contribution in [3.63, 3.8) is 0 Å². The molecule has 1 N–H and O–H groups in total. The van der Waals surface area contributed by atoms with Gasteiger partial charge in [-0.2, -0.15) is 5.10 Å². The molecule has 1 unspecified atom stereocenters. The molecular weight excluding hydrogens is 258 g/mol. The maximum atomic E-state index is 6.48. The Morgan fingerprint density at radius 2 is 2.11 bits per heavy atom. The van der Waals surface area contributed by atoms with Crippen LogP contribution in [0.4, 0.5) is 0 Å². The lowest BCUT2D eigenvalue weighted by Gasteiger charge is -2.16. The number of hydrogen-bond donors (Lipinski definition) is 1. The van der Waals surface area contributed by atoms with Crippen molar-refractivity contribution in [2.45, 2.75) is 65.5 Å². The Bertz CT molecular complexity index is 410. The first-order valence-corrected chi connectivity index (χ1v) is 8.04. The van der Waals surface area contributed by atoms with Gasteiger partial charge in [0.1, 0.15) is 0 Å². The van der Waals surface area contributed by atoms with Gasteiger partial charge in [0, 0.05) is 12.6 Å². The molecule has 0 bridgehead atoms. The standard InChI is InChI=1S/C15H26ClN3/c1-4-11(10-17-12-7-8-12)9-14-15(16)13(5-2)18-19(14)6-3/h11-12,17H,4-10H2,1-3H3. The van der Waals surface area contributed by atoms with E-state index in [0.29, 0.717) is 5.92 Å². The molecule has 0 spiro atoms. The van der Waals surface area contributed by atoms with Crippen LogP contribution in [0.25, 0.3) is 0 Å². The fraction of sp³-hybridized carbons (Fsp3) is 0.800. The maximum Gasteiger partial charge on any atom is 0.0849 e. The van der Waals surface area contributed by atoms with Crippen molar-refractivity contribution in [3.05, 3.63) is 16.4 Å². The zero-order valence-electron chi connectivity index (χ0n) is 12.4. The van der Waals surface area contributed by atoms with E-state index < -0.39 is 0 Å². The van der Waals surface area contributed by atoms with E-state index in [4.69, 9.17) is 11.6 Å². The van der Waals surface area contributed by atoms with Crippen molar-refractivity contribution in [2.75, 3.05) is 6.54 Å². The average molecular weight is 284 g/mol. The molecule has 1 atom stereocenters. The van der Waals surface area contributed by atoms with Crippen LogP contribution in [0.5, 0.6) is 0 Å². The van der Waals surface area contributed by atoms with Gasteiger partial charge in [0.15, 0.2) is 0 Å². The number of halogens is 1. The van der Waals surface area contributed by atoms with Crippen LogP contribution in [0.15, 0.2) is 0 Å². The molecule has 0 aliphatic heterocycles. The highest BCUT2D eigenvalue weighted by Crippen LogP contribution is 2.26. The fourth-order valence-corrected chi connectivity index (χ4v) is 2.81. The van der Waals surface area contributed by atoms with Crippen LogP contribution in [-0.2, 0) is 19.4 Å². The summed E-state index contributed by atoms with van der Waals surface area (Å²) in [6.45, 7) is 8.52. The van der Waals surface area contributed by atoms with Crippen LogP contribution in [0.1, 0.15) is 51.4 Å². The summed E-state index contributed by atoms with van der Waals surface area (Å²) in [4.78, 5) is 0. The predicted molar refractivity (Wildman–Crippen MR) is 80.8 cm³/mol. The van der Waals surface area contributed by atoms with Crippen LogP contribution in [0.2, 0.25) is 5.02 Å². The van der Waals surface area contributed by atoms with Crippen LogP contribution in [0, 0.1) is 5.92 Å². The van der Waals surface area contributed by atoms with Gasteiger partial charge in [0.25, 0.3) is 0 Å². The van der Waals surface area contributed by atoms with Gasteiger partial charge in [-0.3, -0.25) is 4.68 Å². The molecule has 0 aromatic carbocycles. The van der Waals surface area contributed by atoms with Gasteiger partial charge in [0.2, 0.25) is 0 Å². The third-order valence-electron chi connectivity index (χ3n) is 4.03. The van der Waals surface area contributed by atoms with Gasteiger partial charge in [0.05, 0.1) is 16.4 Å². The van der Waals surface area contributed by atoms with Crippen LogP contribution >= 0.6 is 11.6 Å². The SMILES string of the molecule is CCc1nn(CC)c(CC(CC)CNC2CC2)c1Cl. The van der Waals surface area contributed by atoms with Crippen molar-refractivity contribution in [2.24, 2.45) is 5.92 Å². The summed E-state index contributed by atoms with van der Waals surface area (Å²) in [7, 11) is 0. The van der Waals surface area contributed by atoms with E-state index in [1.807, 2.05) is 0 Å². The molecule has 1 fully saturated rings. The molecule has 19 heavy (non-hydrogen) atoms. The molecule has 1 saturated carbocycles. The van der Waals surface area contributed by atoms with Crippen molar-refractivity contribution in [1.82, 2.24) is 15.1 Å². The summed E-state index contributed by atoms with van der Waals surface area (Å²) in [6, 6.07) is 0.784. The van der Waals surface area contributed by atoms with E-state index in [0.717, 1.165) is 42.7 Å². The molecule has 2 rings (SSSR count). The molecule has 0 amide bonds. The minimum atomic E-state index is 0.657. The smallest absolute Gasteiger partial charge is 0.0849 e. The number of aryl methyl sites for hydroxylation is 2. The van der Waals surface area contributed by atoms with Crippen molar-refractivity contribution in [1.29, 1.82) is 0 Å². The quantitative estimate of drug-likeness (QED) is 0.792. The van der Waals surface area contributed by atoms with Gasteiger partial charge in [-0.25, -0.2) is 0 Å². The number of hydrogen-bond acceptors (Lipinski definition) is 2. The van der Waals surface area contributed by atoms with Crippen LogP contribution in [0.3, 0.4) is 0 Å². The number of nitrogens with one attached hydrogen (secondary N) is 1. The van der Waals surface area contributed by atoms with Crippen molar-refractivity contribution >= 4 is 11.6 Å². The van der Waals surface area contributed by atoms with Gasteiger partial charge < -0.3 is 5.32 Å². The van der Waals surface area contributed by atoms with E-state index in [1.54, 1.807) is 0 Å². The lowest BCUT2D eigenvalue weighted by Crippen LogP contribution is -2.26. The lowest BCUT2D eigenvalue weighted by molar-refractivity contribution is 0.442. The van der Waals surface area contributed by atoms with E-state index in [-0.39, 0.29) is 0 Å². The van der Waals surface area contributed by atoms with Gasteiger partial charge in [-0.1, -0.05) is 31.9 Å². The highest BCUT2D eigenvalue weighted by atomic mass is 35.5. The minimum Gasteiger partial charge on any atom is -0.314 e. The Morgan fingerprint density at radius 1 is 1.37 bits per heavy atom. The topological polar surface area (TPSA) is 29.9 Å². The lowest BCUT2D eigenvalue weighted by atomic mass is 9.99. The van der Waals surface area contributed by atoms with E-state index in [9.17, 15) is 0 Å². The fourth-order valence-electron chi connectivity index (χ4n) is 2.47. The Hall–Kier alpha value is -0.540. The molecule has 4 heteroatoms. The number of nitrogens with zero attached hydrogens (tertiary/aromatic N) is 2. The Labute approximate surface area is 121 Å². The summed E-state index contributed by atoms with van der Waals surface area (Å²) < 4.78 is 2.08. The number of aromatic nitrogens is 2. The molecule has 1 aromatic rings. The highest BCUT2D eigenvalue weighted by Gasteiger charge is 2.23. The third-order valence-corrected chi connectivity index (χ3v) is 4.46. The van der Waals surface area contributed by atoms with Gasteiger partial charge >= 0.3 is 0 Å². The Morgan fingerprint density at radius 3 is 2.63 bits per heavy atom. The van der Waals surface area contributed by atoms with Gasteiger partial charge in [-0.15, -0.1) is 0 Å².